The Balaban J connectivity index is 1.68. The molecule has 0 fully saturated rings. The Morgan fingerprint density at radius 1 is 1.25 bits per heavy atom. The second-order valence-electron chi connectivity index (χ2n) is 7.00. The second kappa shape index (κ2) is 7.24. The molecule has 2 unspecified atom stereocenters. The summed E-state index contributed by atoms with van der Waals surface area (Å²) in [6.07, 6.45) is 1.36. The SMILES string of the molecule is Cc1nn(-c2ccccc2)cc1C(=O)N(C)C1c2cc(Cl)cc(Cl)c2CC1O. The van der Waals surface area contributed by atoms with Crippen LogP contribution in [0.5, 0.6) is 0 Å². The van der Waals surface area contributed by atoms with Crippen LogP contribution < -0.4 is 0 Å². The van der Waals surface area contributed by atoms with Crippen molar-refractivity contribution in [1.29, 1.82) is 0 Å². The molecule has 28 heavy (non-hydrogen) atoms. The third-order valence-corrected chi connectivity index (χ3v) is 5.73. The number of carbonyl (C=O) groups excluding carboxylic acids is 1. The predicted molar refractivity (Wildman–Crippen MR) is 109 cm³/mol. The molecule has 1 aliphatic carbocycles. The maximum Gasteiger partial charge on any atom is 0.257 e. The van der Waals surface area contributed by atoms with Crippen LogP contribution in [0.15, 0.2) is 48.7 Å². The fourth-order valence-electron chi connectivity index (χ4n) is 3.80. The smallest absolute Gasteiger partial charge is 0.257 e. The Morgan fingerprint density at radius 2 is 1.96 bits per heavy atom. The number of aryl methyl sites for hydroxylation is 1. The zero-order valence-electron chi connectivity index (χ0n) is 15.4. The number of hydrogen-bond acceptors (Lipinski definition) is 3. The number of carbonyl (C=O) groups is 1. The monoisotopic (exact) mass is 415 g/mol. The van der Waals surface area contributed by atoms with Gasteiger partial charge >= 0.3 is 0 Å². The van der Waals surface area contributed by atoms with Gasteiger partial charge in [-0.3, -0.25) is 4.79 Å². The molecule has 2 aromatic carbocycles. The first-order valence-corrected chi connectivity index (χ1v) is 9.67. The summed E-state index contributed by atoms with van der Waals surface area (Å²) in [5.41, 5.74) is 3.60. The van der Waals surface area contributed by atoms with Gasteiger partial charge in [-0.15, -0.1) is 0 Å². The summed E-state index contributed by atoms with van der Waals surface area (Å²) >= 11 is 12.4. The fraction of sp³-hybridized carbons (Fsp3) is 0.238. The van der Waals surface area contributed by atoms with Crippen molar-refractivity contribution in [3.05, 3.63) is 81.1 Å². The van der Waals surface area contributed by atoms with Gasteiger partial charge in [0.25, 0.3) is 5.91 Å². The van der Waals surface area contributed by atoms with E-state index in [1.165, 1.54) is 0 Å². The number of benzene rings is 2. The number of rotatable bonds is 3. The first kappa shape index (κ1) is 19.0. The summed E-state index contributed by atoms with van der Waals surface area (Å²) in [6.45, 7) is 1.80. The lowest BCUT2D eigenvalue weighted by Crippen LogP contribution is -2.36. The molecule has 1 aliphatic rings. The van der Waals surface area contributed by atoms with Crippen molar-refractivity contribution >= 4 is 29.1 Å². The minimum absolute atomic E-state index is 0.215. The van der Waals surface area contributed by atoms with Crippen molar-refractivity contribution < 1.29 is 9.90 Å². The Morgan fingerprint density at radius 3 is 2.68 bits per heavy atom. The maximum absolute atomic E-state index is 13.2. The van der Waals surface area contributed by atoms with Crippen molar-refractivity contribution in [3.8, 4) is 5.69 Å². The Bertz CT molecular complexity index is 1050. The van der Waals surface area contributed by atoms with E-state index in [-0.39, 0.29) is 5.91 Å². The van der Waals surface area contributed by atoms with Crippen molar-refractivity contribution in [1.82, 2.24) is 14.7 Å². The fourth-order valence-corrected chi connectivity index (χ4v) is 4.38. The number of halogens is 2. The normalized spacial score (nSPS) is 18.2. The Kier molecular flexibility index (Phi) is 4.91. The van der Waals surface area contributed by atoms with Gasteiger partial charge in [-0.2, -0.15) is 5.10 Å². The van der Waals surface area contributed by atoms with Crippen LogP contribution in [0.25, 0.3) is 5.69 Å². The van der Waals surface area contributed by atoms with Gasteiger partial charge in [-0.05, 0) is 42.3 Å². The number of hydrogen-bond donors (Lipinski definition) is 1. The highest BCUT2D eigenvalue weighted by Gasteiger charge is 2.38. The average molecular weight is 416 g/mol. The van der Waals surface area contributed by atoms with Crippen LogP contribution in [0.4, 0.5) is 0 Å². The lowest BCUT2D eigenvalue weighted by atomic mass is 10.1. The van der Waals surface area contributed by atoms with Gasteiger partial charge in [-0.1, -0.05) is 41.4 Å². The van der Waals surface area contributed by atoms with Gasteiger partial charge in [0.15, 0.2) is 0 Å². The van der Waals surface area contributed by atoms with Gasteiger partial charge in [0, 0.05) is 29.7 Å². The molecule has 1 N–H and O–H groups in total. The van der Waals surface area contributed by atoms with Crippen molar-refractivity contribution in [2.24, 2.45) is 0 Å². The number of amides is 1. The van der Waals surface area contributed by atoms with Gasteiger partial charge < -0.3 is 10.0 Å². The highest BCUT2D eigenvalue weighted by Crippen LogP contribution is 2.41. The maximum atomic E-state index is 13.2. The van der Waals surface area contributed by atoms with Crippen molar-refractivity contribution in [2.45, 2.75) is 25.5 Å². The number of aromatic nitrogens is 2. The van der Waals surface area contributed by atoms with E-state index in [9.17, 15) is 9.90 Å². The number of para-hydroxylation sites is 1. The van der Waals surface area contributed by atoms with Crippen LogP contribution >= 0.6 is 23.2 Å². The standard InChI is InChI=1S/C21H19Cl2N3O2/c1-12-17(11-26(24-12)14-6-4-3-5-7-14)21(28)25(2)20-16-8-13(22)9-18(23)15(16)10-19(20)27/h3-9,11,19-20,27H,10H2,1-2H3. The lowest BCUT2D eigenvalue weighted by Gasteiger charge is -2.28. The quantitative estimate of drug-likeness (QED) is 0.696. The molecule has 0 aliphatic heterocycles. The topological polar surface area (TPSA) is 58.4 Å². The van der Waals surface area contributed by atoms with E-state index in [0.717, 1.165) is 16.8 Å². The van der Waals surface area contributed by atoms with Crippen LogP contribution in [0.3, 0.4) is 0 Å². The number of fused-ring (bicyclic) bond motifs is 1. The number of aliphatic hydroxyl groups is 1. The largest absolute Gasteiger partial charge is 0.390 e. The van der Waals surface area contributed by atoms with Gasteiger partial charge in [0.2, 0.25) is 0 Å². The van der Waals surface area contributed by atoms with E-state index in [1.807, 2.05) is 30.3 Å². The van der Waals surface area contributed by atoms with Crippen molar-refractivity contribution in [2.75, 3.05) is 7.05 Å². The molecule has 0 radical (unpaired) electrons. The molecule has 7 heteroatoms. The molecule has 0 spiro atoms. The van der Waals surface area contributed by atoms with E-state index in [0.29, 0.717) is 27.7 Å². The summed E-state index contributed by atoms with van der Waals surface area (Å²) in [5.74, 6) is -0.215. The van der Waals surface area contributed by atoms with E-state index in [2.05, 4.69) is 5.10 Å². The minimum Gasteiger partial charge on any atom is -0.390 e. The zero-order valence-corrected chi connectivity index (χ0v) is 16.9. The first-order chi connectivity index (χ1) is 13.4. The summed E-state index contributed by atoms with van der Waals surface area (Å²) < 4.78 is 1.68. The lowest BCUT2D eigenvalue weighted by molar-refractivity contribution is 0.0497. The molecule has 0 saturated carbocycles. The average Bonchev–Trinajstić information content (AvgIpc) is 3.21. The number of nitrogens with zero attached hydrogens (tertiary/aromatic N) is 3. The molecule has 2 atom stereocenters. The van der Waals surface area contributed by atoms with E-state index >= 15 is 0 Å². The molecule has 1 aromatic heterocycles. The van der Waals surface area contributed by atoms with Gasteiger partial charge in [0.05, 0.1) is 29.1 Å². The molecule has 4 rings (SSSR count). The number of likely N-dealkylation sites (N-methyl/N-ethyl adjacent to an activating group) is 1. The molecular weight excluding hydrogens is 397 g/mol. The predicted octanol–water partition coefficient (Wildman–Crippen LogP) is 4.22. The molecule has 3 aromatic rings. The second-order valence-corrected chi connectivity index (χ2v) is 7.84. The molecule has 144 valence electrons. The molecule has 1 amide bonds. The van der Waals surface area contributed by atoms with E-state index < -0.39 is 12.1 Å². The highest BCUT2D eigenvalue weighted by atomic mass is 35.5. The third kappa shape index (κ3) is 3.20. The van der Waals surface area contributed by atoms with E-state index in [1.54, 1.807) is 41.9 Å². The summed E-state index contributed by atoms with van der Waals surface area (Å²) in [5, 5.41) is 16.1. The van der Waals surface area contributed by atoms with Crippen LogP contribution in [0.1, 0.15) is 33.2 Å². The summed E-state index contributed by atoms with van der Waals surface area (Å²) in [7, 11) is 1.68. The Labute approximate surface area is 173 Å². The summed E-state index contributed by atoms with van der Waals surface area (Å²) in [6, 6.07) is 12.5. The minimum atomic E-state index is -0.746. The summed E-state index contributed by atoms with van der Waals surface area (Å²) in [4.78, 5) is 14.8. The van der Waals surface area contributed by atoms with Gasteiger partial charge in [-0.25, -0.2) is 4.68 Å². The van der Waals surface area contributed by atoms with Crippen molar-refractivity contribution in [3.63, 3.8) is 0 Å². The zero-order chi connectivity index (χ0) is 20.0. The first-order valence-electron chi connectivity index (χ1n) is 8.91. The van der Waals surface area contributed by atoms with Crippen LogP contribution in [0, 0.1) is 6.92 Å². The highest BCUT2D eigenvalue weighted by molar-refractivity contribution is 6.35. The molecule has 5 nitrogen and oxygen atoms in total. The Hall–Kier alpha value is -2.34. The van der Waals surface area contributed by atoms with Crippen LogP contribution in [0.2, 0.25) is 10.0 Å². The van der Waals surface area contributed by atoms with Crippen LogP contribution in [-0.4, -0.2) is 38.8 Å². The van der Waals surface area contributed by atoms with Crippen LogP contribution in [-0.2, 0) is 6.42 Å². The molecule has 1 heterocycles. The van der Waals surface area contributed by atoms with Gasteiger partial charge in [0.1, 0.15) is 0 Å². The number of aliphatic hydroxyl groups excluding tert-OH is 1. The molecular formula is C21H19Cl2N3O2. The molecule has 0 saturated heterocycles. The molecule has 0 bridgehead atoms. The van der Waals surface area contributed by atoms with E-state index in [4.69, 9.17) is 23.2 Å². The third-order valence-electron chi connectivity index (χ3n) is 5.18.